The van der Waals surface area contributed by atoms with Gasteiger partial charge in [-0.25, -0.2) is 18.6 Å². The van der Waals surface area contributed by atoms with Crippen molar-refractivity contribution >= 4 is 34.9 Å². The molecule has 11 heteroatoms. The Kier molecular flexibility index (Phi) is 9.48. The molecule has 1 unspecified atom stereocenters. The summed E-state index contributed by atoms with van der Waals surface area (Å²) in [5.74, 6) is -2.43. The van der Waals surface area contributed by atoms with Crippen LogP contribution in [0, 0.1) is 11.6 Å². The lowest BCUT2D eigenvalue weighted by molar-refractivity contribution is -0.115. The number of aromatic carboxylic acids is 1. The number of carbonyl (C=O) groups excluding carboxylic acids is 1. The second-order valence-electron chi connectivity index (χ2n) is 10.00. The Bertz CT molecular complexity index is 1650. The maximum absolute atomic E-state index is 15.1. The molecule has 3 aromatic carbocycles. The Morgan fingerprint density at radius 1 is 1.00 bits per heavy atom. The Hall–Kier alpha value is -4.54. The maximum atomic E-state index is 15.1. The fourth-order valence-electron chi connectivity index (χ4n) is 4.63. The topological polar surface area (TPSA) is 110 Å². The third-order valence-electron chi connectivity index (χ3n) is 6.90. The number of nitrogens with one attached hydrogen (secondary N) is 2. The Morgan fingerprint density at radius 3 is 2.56 bits per heavy atom. The molecule has 2 heterocycles. The van der Waals surface area contributed by atoms with Gasteiger partial charge in [0.2, 0.25) is 11.8 Å². The third-order valence-corrected chi connectivity index (χ3v) is 7.13. The normalized spacial score (nSPS) is 14.3. The average molecular weight is 608 g/mol. The van der Waals surface area contributed by atoms with Gasteiger partial charge in [-0.05, 0) is 60.9 Å². The van der Waals surface area contributed by atoms with Crippen molar-refractivity contribution in [3.8, 4) is 17.1 Å². The zero-order valence-electron chi connectivity index (χ0n) is 22.9. The summed E-state index contributed by atoms with van der Waals surface area (Å²) in [6.45, 7) is 1.07. The number of hydrogen-bond acceptors (Lipinski definition) is 6. The predicted octanol–water partition coefficient (Wildman–Crippen LogP) is 6.73. The second kappa shape index (κ2) is 13.6. The number of halogens is 3. The van der Waals surface area contributed by atoms with Crippen LogP contribution in [-0.2, 0) is 22.6 Å². The first kappa shape index (κ1) is 29.9. The monoisotopic (exact) mass is 607 g/mol. The van der Waals surface area contributed by atoms with Crippen molar-refractivity contribution < 1.29 is 33.0 Å². The van der Waals surface area contributed by atoms with Crippen molar-refractivity contribution in [2.45, 2.75) is 32.0 Å². The molecule has 1 aromatic heterocycles. The predicted molar refractivity (Wildman–Crippen MR) is 159 cm³/mol. The van der Waals surface area contributed by atoms with Crippen LogP contribution in [0.5, 0.6) is 5.88 Å². The molecule has 8 nitrogen and oxygen atoms in total. The Morgan fingerprint density at radius 2 is 1.81 bits per heavy atom. The van der Waals surface area contributed by atoms with E-state index in [-0.39, 0.29) is 41.2 Å². The number of rotatable bonds is 11. The molecule has 0 saturated carbocycles. The fraction of sp³-hybridized carbons (Fsp3) is 0.219. The van der Waals surface area contributed by atoms with E-state index in [0.717, 1.165) is 12.8 Å². The van der Waals surface area contributed by atoms with Gasteiger partial charge in [0.05, 0.1) is 35.2 Å². The summed E-state index contributed by atoms with van der Waals surface area (Å²) in [5, 5.41) is 15.6. The standard InChI is InChI=1S/C32H28ClF2N3O5/c33-23-10-8-22(26(35)16-23)18-43-31-5-1-4-27(38-31)20-7-6-19(25(34)13-20)15-30(39)37-28-11-9-21(32(40)41)14-29(28)36-17-24-3-2-12-42-24/h1,4-11,13-14,16,24,36H,2-3,12,15,17-18H2,(H,37,39)(H,40,41). The molecule has 1 aliphatic rings. The SMILES string of the molecule is O=C(Cc1ccc(-c2cccc(OCc3ccc(Cl)cc3F)n2)cc1F)Nc1ccc(C(=O)O)cc1NCC1CCCO1. The number of aromatic nitrogens is 1. The highest BCUT2D eigenvalue weighted by molar-refractivity contribution is 6.30. The molecule has 0 spiro atoms. The van der Waals surface area contributed by atoms with E-state index in [0.29, 0.717) is 41.3 Å². The van der Waals surface area contributed by atoms with E-state index < -0.39 is 23.5 Å². The summed E-state index contributed by atoms with van der Waals surface area (Å²) < 4.78 is 40.4. The summed E-state index contributed by atoms with van der Waals surface area (Å²) in [6.07, 6.45) is 1.59. The number of ether oxygens (including phenoxy) is 2. The smallest absolute Gasteiger partial charge is 0.335 e. The number of amides is 1. The number of carboxylic acid groups (broad SMARTS) is 1. The minimum absolute atomic E-state index is 0.00197. The molecule has 3 N–H and O–H groups in total. The second-order valence-corrected chi connectivity index (χ2v) is 10.4. The molecule has 0 aliphatic carbocycles. The third kappa shape index (κ3) is 7.85. The quantitative estimate of drug-likeness (QED) is 0.173. The maximum Gasteiger partial charge on any atom is 0.335 e. The largest absolute Gasteiger partial charge is 0.478 e. The molecule has 1 aliphatic heterocycles. The number of hydrogen-bond donors (Lipinski definition) is 3. The summed E-state index contributed by atoms with van der Waals surface area (Å²) in [4.78, 5) is 28.8. The first-order chi connectivity index (χ1) is 20.7. The van der Waals surface area contributed by atoms with Crippen LogP contribution in [-0.4, -0.2) is 41.2 Å². The average Bonchev–Trinajstić information content (AvgIpc) is 3.51. The highest BCUT2D eigenvalue weighted by Gasteiger charge is 2.18. The summed E-state index contributed by atoms with van der Waals surface area (Å²) in [6, 6.07) is 18.0. The van der Waals surface area contributed by atoms with Crippen LogP contribution in [0.1, 0.15) is 34.3 Å². The highest BCUT2D eigenvalue weighted by atomic mass is 35.5. The molecule has 1 atom stereocenters. The first-order valence-electron chi connectivity index (χ1n) is 13.6. The summed E-state index contributed by atoms with van der Waals surface area (Å²) >= 11 is 5.79. The number of benzene rings is 3. The number of anilines is 2. The molecular formula is C32H28ClF2N3O5. The van der Waals surface area contributed by atoms with E-state index >= 15 is 4.39 Å². The molecule has 1 fully saturated rings. The fourth-order valence-corrected chi connectivity index (χ4v) is 4.78. The van der Waals surface area contributed by atoms with Gasteiger partial charge in [-0.3, -0.25) is 4.79 Å². The van der Waals surface area contributed by atoms with Crippen molar-refractivity contribution in [2.24, 2.45) is 0 Å². The van der Waals surface area contributed by atoms with Crippen molar-refractivity contribution in [3.63, 3.8) is 0 Å². The lowest BCUT2D eigenvalue weighted by Crippen LogP contribution is -2.21. The van der Waals surface area contributed by atoms with Crippen molar-refractivity contribution in [1.82, 2.24) is 4.98 Å². The van der Waals surface area contributed by atoms with Gasteiger partial charge in [-0.15, -0.1) is 0 Å². The van der Waals surface area contributed by atoms with Crippen molar-refractivity contribution in [2.75, 3.05) is 23.8 Å². The Labute approximate surface area is 251 Å². The van der Waals surface area contributed by atoms with Gasteiger partial charge in [0.25, 0.3) is 0 Å². The highest BCUT2D eigenvalue weighted by Crippen LogP contribution is 2.27. The van der Waals surface area contributed by atoms with Crippen molar-refractivity contribution in [1.29, 1.82) is 0 Å². The molecule has 43 heavy (non-hydrogen) atoms. The number of pyridine rings is 1. The molecule has 0 bridgehead atoms. The molecule has 5 rings (SSSR count). The van der Waals surface area contributed by atoms with Gasteiger partial charge < -0.3 is 25.2 Å². The molecule has 1 amide bonds. The van der Waals surface area contributed by atoms with E-state index in [9.17, 15) is 19.1 Å². The molecule has 4 aromatic rings. The van der Waals surface area contributed by atoms with Gasteiger partial charge in [0.15, 0.2) is 0 Å². The van der Waals surface area contributed by atoms with Crippen LogP contribution in [0.2, 0.25) is 5.02 Å². The zero-order valence-corrected chi connectivity index (χ0v) is 23.7. The lowest BCUT2D eigenvalue weighted by Gasteiger charge is -2.17. The number of carboxylic acids is 1. The van der Waals surface area contributed by atoms with E-state index in [2.05, 4.69) is 15.6 Å². The van der Waals surface area contributed by atoms with Gasteiger partial charge in [0, 0.05) is 35.4 Å². The van der Waals surface area contributed by atoms with Crippen LogP contribution in [0.25, 0.3) is 11.3 Å². The first-order valence-corrected chi connectivity index (χ1v) is 14.0. The zero-order chi connectivity index (χ0) is 30.3. The van der Waals surface area contributed by atoms with Gasteiger partial charge in [-0.2, -0.15) is 0 Å². The molecule has 1 saturated heterocycles. The van der Waals surface area contributed by atoms with Crippen LogP contribution < -0.4 is 15.4 Å². The van der Waals surface area contributed by atoms with Crippen LogP contribution in [0.15, 0.2) is 72.8 Å². The number of nitrogens with zero attached hydrogens (tertiary/aromatic N) is 1. The number of carbonyl (C=O) groups is 2. The van der Waals surface area contributed by atoms with E-state index in [1.165, 1.54) is 42.5 Å². The van der Waals surface area contributed by atoms with E-state index in [1.807, 2.05) is 0 Å². The summed E-state index contributed by atoms with van der Waals surface area (Å²) in [7, 11) is 0. The molecule has 0 radical (unpaired) electrons. The van der Waals surface area contributed by atoms with Gasteiger partial charge in [0.1, 0.15) is 18.2 Å². The molecular weight excluding hydrogens is 580 g/mol. The Balaban J connectivity index is 1.24. The van der Waals surface area contributed by atoms with Crippen LogP contribution in [0.3, 0.4) is 0 Å². The van der Waals surface area contributed by atoms with E-state index in [4.69, 9.17) is 21.1 Å². The molecule has 222 valence electrons. The van der Waals surface area contributed by atoms with Crippen molar-refractivity contribution in [3.05, 3.63) is 106 Å². The van der Waals surface area contributed by atoms with E-state index in [1.54, 1.807) is 30.3 Å². The minimum atomic E-state index is -1.10. The van der Waals surface area contributed by atoms with Crippen LogP contribution >= 0.6 is 11.6 Å². The van der Waals surface area contributed by atoms with Gasteiger partial charge >= 0.3 is 5.97 Å². The van der Waals surface area contributed by atoms with Gasteiger partial charge in [-0.1, -0.05) is 35.9 Å². The minimum Gasteiger partial charge on any atom is -0.478 e. The lowest BCUT2D eigenvalue weighted by atomic mass is 10.0. The van der Waals surface area contributed by atoms with Crippen LogP contribution in [0.4, 0.5) is 20.2 Å². The summed E-state index contributed by atoms with van der Waals surface area (Å²) in [5.41, 5.74) is 2.27.